The molecule has 0 saturated heterocycles. The van der Waals surface area contributed by atoms with Gasteiger partial charge < -0.3 is 15.4 Å². The van der Waals surface area contributed by atoms with Gasteiger partial charge in [0.15, 0.2) is 0 Å². The van der Waals surface area contributed by atoms with E-state index >= 15 is 0 Å². The number of amides is 3. The molecule has 1 aromatic rings. The maximum Gasteiger partial charge on any atom is 0.408 e. The minimum Gasteiger partial charge on any atom is -0.444 e. The summed E-state index contributed by atoms with van der Waals surface area (Å²) >= 11 is 1.55. The van der Waals surface area contributed by atoms with E-state index in [2.05, 4.69) is 16.7 Å². The van der Waals surface area contributed by atoms with Crippen molar-refractivity contribution in [2.45, 2.75) is 96.9 Å². The topological polar surface area (TPSA) is 87.7 Å². The number of terminal acetylenes is 1. The van der Waals surface area contributed by atoms with Gasteiger partial charge in [-0.25, -0.2) is 4.79 Å². The molecule has 8 heteroatoms. The van der Waals surface area contributed by atoms with E-state index < -0.39 is 29.7 Å². The molecule has 1 aromatic carbocycles. The molecule has 1 fully saturated rings. The lowest BCUT2D eigenvalue weighted by molar-refractivity contribution is -0.139. The number of hydrogen-bond donors (Lipinski definition) is 2. The Morgan fingerprint density at radius 1 is 1.19 bits per heavy atom. The summed E-state index contributed by atoms with van der Waals surface area (Å²) in [5.74, 6) is -0.197. The molecule has 198 valence electrons. The molecule has 0 aliphatic heterocycles. The van der Waals surface area contributed by atoms with Crippen LogP contribution >= 0.6 is 11.8 Å². The molecule has 36 heavy (non-hydrogen) atoms. The fraction of sp³-hybridized carbons (Fsp3) is 0.607. The van der Waals surface area contributed by atoms with E-state index in [0.29, 0.717) is 17.7 Å². The number of ether oxygens (including phenoxy) is 1. The van der Waals surface area contributed by atoms with E-state index in [0.717, 1.165) is 48.1 Å². The van der Waals surface area contributed by atoms with Crippen LogP contribution < -0.4 is 10.6 Å². The van der Waals surface area contributed by atoms with Crippen LogP contribution in [0.3, 0.4) is 0 Å². The van der Waals surface area contributed by atoms with Crippen molar-refractivity contribution in [2.24, 2.45) is 0 Å². The van der Waals surface area contributed by atoms with Crippen LogP contribution in [0.1, 0.15) is 82.0 Å². The first-order chi connectivity index (χ1) is 17.0. The molecule has 2 rings (SSSR count). The van der Waals surface area contributed by atoms with Gasteiger partial charge in [0, 0.05) is 12.1 Å². The van der Waals surface area contributed by atoms with Gasteiger partial charge in [-0.15, -0.1) is 0 Å². The van der Waals surface area contributed by atoms with Crippen LogP contribution in [0.4, 0.5) is 4.79 Å². The highest BCUT2D eigenvalue weighted by Gasteiger charge is 2.37. The van der Waals surface area contributed by atoms with Gasteiger partial charge in [0.2, 0.25) is 5.91 Å². The highest BCUT2D eigenvalue weighted by Crippen LogP contribution is 2.28. The SMILES string of the molecule is C#CN(C(=O)C(CCSC)NC(=O)OC(C)(C)C)C(C(=O)NC1CCCCC1)c1cc(C)ccc1C. The zero-order chi connectivity index (χ0) is 26.9. The molecule has 2 unspecified atom stereocenters. The van der Waals surface area contributed by atoms with Crippen LogP contribution in [0, 0.1) is 26.3 Å². The Morgan fingerprint density at radius 2 is 1.86 bits per heavy atom. The molecule has 0 aromatic heterocycles. The Labute approximate surface area is 220 Å². The van der Waals surface area contributed by atoms with E-state index in [1.807, 2.05) is 38.3 Å². The molecular weight excluding hydrogens is 474 g/mol. The average molecular weight is 516 g/mol. The minimum absolute atomic E-state index is 0.0563. The first-order valence-corrected chi connectivity index (χ1v) is 14.0. The third-order valence-electron chi connectivity index (χ3n) is 6.16. The number of rotatable bonds is 9. The largest absolute Gasteiger partial charge is 0.444 e. The lowest BCUT2D eigenvalue weighted by Gasteiger charge is -2.33. The summed E-state index contributed by atoms with van der Waals surface area (Å²) in [6, 6.07) is 6.36. The molecule has 1 aliphatic rings. The van der Waals surface area contributed by atoms with E-state index in [1.165, 1.54) is 0 Å². The molecule has 2 N–H and O–H groups in total. The maximum atomic E-state index is 13.8. The summed E-state index contributed by atoms with van der Waals surface area (Å²) < 4.78 is 5.38. The average Bonchev–Trinajstić information content (AvgIpc) is 2.80. The molecule has 0 spiro atoms. The third kappa shape index (κ3) is 8.77. The zero-order valence-corrected chi connectivity index (χ0v) is 23.3. The van der Waals surface area contributed by atoms with Crippen LogP contribution in [0.2, 0.25) is 0 Å². The summed E-state index contributed by atoms with van der Waals surface area (Å²) in [5.41, 5.74) is 1.78. The zero-order valence-electron chi connectivity index (χ0n) is 22.5. The second kappa shape index (κ2) is 13.6. The van der Waals surface area contributed by atoms with Crippen LogP contribution in [0.15, 0.2) is 18.2 Å². The summed E-state index contributed by atoms with van der Waals surface area (Å²) in [6.07, 6.45) is 12.6. The third-order valence-corrected chi connectivity index (χ3v) is 6.81. The first kappa shape index (κ1) is 29.6. The Bertz CT molecular complexity index is 961. The molecule has 0 radical (unpaired) electrons. The van der Waals surface area contributed by atoms with Gasteiger partial charge in [-0.3, -0.25) is 14.5 Å². The van der Waals surface area contributed by atoms with Crippen LogP contribution in [0.25, 0.3) is 0 Å². The van der Waals surface area contributed by atoms with E-state index in [9.17, 15) is 14.4 Å². The van der Waals surface area contributed by atoms with Gasteiger partial charge in [0.05, 0.1) is 0 Å². The Balaban J connectivity index is 2.42. The molecule has 0 bridgehead atoms. The molecular formula is C28H41N3O4S. The van der Waals surface area contributed by atoms with Crippen LogP contribution in [-0.2, 0) is 14.3 Å². The van der Waals surface area contributed by atoms with E-state index in [4.69, 9.17) is 11.2 Å². The number of nitrogens with zero attached hydrogens (tertiary/aromatic N) is 1. The van der Waals surface area contributed by atoms with Crippen LogP contribution in [0.5, 0.6) is 0 Å². The summed E-state index contributed by atoms with van der Waals surface area (Å²) in [6.45, 7) is 9.10. The van der Waals surface area contributed by atoms with Gasteiger partial charge in [0.25, 0.3) is 5.91 Å². The Hall–Kier alpha value is -2.66. The Kier molecular flexibility index (Phi) is 11.2. The van der Waals surface area contributed by atoms with Gasteiger partial charge in [-0.05, 0) is 77.0 Å². The summed E-state index contributed by atoms with van der Waals surface area (Å²) in [5, 5.41) is 5.83. The second-order valence-electron chi connectivity index (χ2n) is 10.4. The number of carbonyl (C=O) groups excluding carboxylic acids is 3. The number of benzene rings is 1. The van der Waals surface area contributed by atoms with Gasteiger partial charge in [-0.2, -0.15) is 11.8 Å². The fourth-order valence-electron chi connectivity index (χ4n) is 4.36. The first-order valence-electron chi connectivity index (χ1n) is 12.6. The van der Waals surface area contributed by atoms with Gasteiger partial charge >= 0.3 is 6.09 Å². The smallest absolute Gasteiger partial charge is 0.408 e. The lowest BCUT2D eigenvalue weighted by Crippen LogP contribution is -2.52. The second-order valence-corrected chi connectivity index (χ2v) is 11.4. The number of aryl methyl sites for hydroxylation is 2. The van der Waals surface area contributed by atoms with Crippen LogP contribution in [-0.4, -0.2) is 52.5 Å². The van der Waals surface area contributed by atoms with Gasteiger partial charge in [-0.1, -0.05) is 49.4 Å². The van der Waals surface area contributed by atoms with Crippen molar-refractivity contribution in [3.8, 4) is 12.5 Å². The standard InChI is InChI=1S/C28H41N3O4S/c1-8-31(26(33)23(16-17-36-7)30-27(34)35-28(4,5)6)24(22-18-19(2)14-15-20(22)3)25(32)29-21-12-10-9-11-13-21/h1,14-15,18,21,23-24H,9-13,16-17H2,2-7H3,(H,29,32)(H,30,34). The van der Waals surface area contributed by atoms with Crippen molar-refractivity contribution < 1.29 is 19.1 Å². The highest BCUT2D eigenvalue weighted by molar-refractivity contribution is 7.98. The number of hydrogen-bond acceptors (Lipinski definition) is 5. The number of alkyl carbamates (subject to hydrolysis) is 1. The van der Waals surface area contributed by atoms with Crippen molar-refractivity contribution in [3.05, 3.63) is 34.9 Å². The molecule has 3 amide bonds. The normalized spacial score (nSPS) is 15.8. The number of thioether (sulfide) groups is 1. The Morgan fingerprint density at radius 3 is 2.44 bits per heavy atom. The number of nitrogens with one attached hydrogen (secondary N) is 2. The van der Waals surface area contributed by atoms with Crippen molar-refractivity contribution in [2.75, 3.05) is 12.0 Å². The minimum atomic E-state index is -1.01. The van der Waals surface area contributed by atoms with Crippen molar-refractivity contribution >= 4 is 29.7 Å². The molecule has 1 saturated carbocycles. The molecule has 1 aliphatic carbocycles. The fourth-order valence-corrected chi connectivity index (χ4v) is 4.83. The highest BCUT2D eigenvalue weighted by atomic mass is 32.2. The lowest BCUT2D eigenvalue weighted by atomic mass is 9.93. The monoisotopic (exact) mass is 515 g/mol. The van der Waals surface area contributed by atoms with Crippen molar-refractivity contribution in [3.63, 3.8) is 0 Å². The quantitative estimate of drug-likeness (QED) is 0.362. The predicted molar refractivity (Wildman–Crippen MR) is 146 cm³/mol. The van der Waals surface area contributed by atoms with Gasteiger partial charge in [0.1, 0.15) is 17.7 Å². The molecule has 0 heterocycles. The predicted octanol–water partition coefficient (Wildman–Crippen LogP) is 4.86. The van der Waals surface area contributed by atoms with Crippen molar-refractivity contribution in [1.82, 2.24) is 15.5 Å². The summed E-state index contributed by atoms with van der Waals surface area (Å²) in [4.78, 5) is 41.2. The maximum absolute atomic E-state index is 13.8. The summed E-state index contributed by atoms with van der Waals surface area (Å²) in [7, 11) is 0. The molecule has 2 atom stereocenters. The number of carbonyl (C=O) groups is 3. The van der Waals surface area contributed by atoms with E-state index in [1.54, 1.807) is 32.5 Å². The molecule has 7 nitrogen and oxygen atoms in total. The van der Waals surface area contributed by atoms with Crippen molar-refractivity contribution in [1.29, 1.82) is 0 Å². The van der Waals surface area contributed by atoms with E-state index in [-0.39, 0.29) is 11.9 Å².